The second-order valence-corrected chi connectivity index (χ2v) is 8.18. The normalized spacial score (nSPS) is 17.0. The second-order valence-electron chi connectivity index (χ2n) is 8.18. The highest BCUT2D eigenvalue weighted by molar-refractivity contribution is 6.51. The molecule has 3 aromatic rings. The fourth-order valence-corrected chi connectivity index (χ4v) is 4.11. The minimum Gasteiger partial charge on any atom is -0.507 e. The van der Waals surface area contributed by atoms with Gasteiger partial charge in [-0.3, -0.25) is 19.5 Å². The van der Waals surface area contributed by atoms with Crippen LogP contribution in [-0.2, 0) is 9.59 Å². The molecule has 1 aliphatic rings. The third-order valence-electron chi connectivity index (χ3n) is 5.75. The summed E-state index contributed by atoms with van der Waals surface area (Å²) in [7, 11) is 0. The lowest BCUT2D eigenvalue weighted by molar-refractivity contribution is -0.132. The van der Waals surface area contributed by atoms with Gasteiger partial charge in [-0.1, -0.05) is 13.0 Å². The number of amides is 1. The molecule has 1 fully saturated rings. The summed E-state index contributed by atoms with van der Waals surface area (Å²) in [5.41, 5.74) is 2.21. The summed E-state index contributed by atoms with van der Waals surface area (Å²) in [6.07, 6.45) is 2.47. The molecule has 7 nitrogen and oxygen atoms in total. The highest BCUT2D eigenvalue weighted by Gasteiger charge is 2.47. The van der Waals surface area contributed by atoms with Crippen LogP contribution in [0.15, 0.2) is 72.4 Å². The average Bonchev–Trinajstić information content (AvgIpc) is 3.14. The summed E-state index contributed by atoms with van der Waals surface area (Å²) >= 11 is 0. The number of Topliss-reactive ketones (excluding diaryl/α,β-unsaturated/α-hetero) is 1. The number of nitrogens with zero attached hydrogens (tertiary/aromatic N) is 2. The number of ether oxygens (including phenoxy) is 2. The van der Waals surface area contributed by atoms with Crippen molar-refractivity contribution in [1.82, 2.24) is 4.98 Å². The summed E-state index contributed by atoms with van der Waals surface area (Å²) < 4.78 is 11.2. The Morgan fingerprint density at radius 1 is 1.03 bits per heavy atom. The Hall–Kier alpha value is -4.13. The van der Waals surface area contributed by atoms with E-state index >= 15 is 0 Å². The maximum absolute atomic E-state index is 13.3. The van der Waals surface area contributed by atoms with Gasteiger partial charge < -0.3 is 14.6 Å². The quantitative estimate of drug-likeness (QED) is 0.275. The van der Waals surface area contributed by atoms with Crippen LogP contribution >= 0.6 is 0 Å². The van der Waals surface area contributed by atoms with Gasteiger partial charge in [-0.2, -0.15) is 0 Å². The van der Waals surface area contributed by atoms with Gasteiger partial charge >= 0.3 is 0 Å². The molecule has 0 aliphatic carbocycles. The van der Waals surface area contributed by atoms with E-state index in [2.05, 4.69) is 4.98 Å². The molecule has 35 heavy (non-hydrogen) atoms. The molecular weight excluding hydrogens is 444 g/mol. The number of hydrogen-bond donors (Lipinski definition) is 1. The minimum atomic E-state index is -0.884. The molecule has 2 aromatic carbocycles. The summed E-state index contributed by atoms with van der Waals surface area (Å²) in [4.78, 5) is 32.3. The molecule has 1 aliphatic heterocycles. The summed E-state index contributed by atoms with van der Waals surface area (Å²) in [6, 6.07) is 16.5. The van der Waals surface area contributed by atoms with Gasteiger partial charge in [0.2, 0.25) is 0 Å². The molecule has 0 bridgehead atoms. The van der Waals surface area contributed by atoms with Gasteiger partial charge in [-0.05, 0) is 80.4 Å². The Kier molecular flexibility index (Phi) is 7.15. The van der Waals surface area contributed by atoms with Gasteiger partial charge in [0.1, 0.15) is 23.3 Å². The van der Waals surface area contributed by atoms with Gasteiger partial charge in [-0.15, -0.1) is 0 Å². The Bertz CT molecular complexity index is 1250. The summed E-state index contributed by atoms with van der Waals surface area (Å²) in [6.45, 7) is 6.88. The van der Waals surface area contributed by atoms with Crippen LogP contribution in [0.2, 0.25) is 0 Å². The number of aryl methyl sites for hydroxylation is 1. The van der Waals surface area contributed by atoms with Gasteiger partial charge in [0, 0.05) is 17.4 Å². The van der Waals surface area contributed by atoms with E-state index in [0.717, 1.165) is 12.0 Å². The third-order valence-corrected chi connectivity index (χ3v) is 5.75. The van der Waals surface area contributed by atoms with Crippen molar-refractivity contribution in [3.63, 3.8) is 0 Å². The van der Waals surface area contributed by atoms with Gasteiger partial charge in [0.05, 0.1) is 24.5 Å². The lowest BCUT2D eigenvalue weighted by atomic mass is 9.97. The van der Waals surface area contributed by atoms with Crippen LogP contribution in [0.5, 0.6) is 11.5 Å². The largest absolute Gasteiger partial charge is 0.507 e. The smallest absolute Gasteiger partial charge is 0.300 e. The molecule has 1 saturated heterocycles. The lowest BCUT2D eigenvalue weighted by Crippen LogP contribution is -2.29. The van der Waals surface area contributed by atoms with Gasteiger partial charge in [-0.25, -0.2) is 0 Å². The van der Waals surface area contributed by atoms with E-state index < -0.39 is 17.7 Å². The molecule has 1 unspecified atom stereocenters. The molecule has 1 amide bonds. The van der Waals surface area contributed by atoms with Crippen molar-refractivity contribution in [2.24, 2.45) is 0 Å². The first-order valence-corrected chi connectivity index (χ1v) is 11.6. The van der Waals surface area contributed by atoms with Crippen molar-refractivity contribution in [2.45, 2.75) is 33.2 Å². The molecule has 1 aromatic heterocycles. The van der Waals surface area contributed by atoms with Crippen molar-refractivity contribution in [3.8, 4) is 11.5 Å². The number of rotatable bonds is 8. The van der Waals surface area contributed by atoms with E-state index in [-0.39, 0.29) is 11.3 Å². The first kappa shape index (κ1) is 24.0. The third kappa shape index (κ3) is 4.75. The first-order chi connectivity index (χ1) is 17.0. The Labute approximate surface area is 204 Å². The number of aliphatic hydroxyl groups is 1. The van der Waals surface area contributed by atoms with Gasteiger partial charge in [0.15, 0.2) is 0 Å². The Morgan fingerprint density at radius 2 is 1.80 bits per heavy atom. The van der Waals surface area contributed by atoms with E-state index in [9.17, 15) is 14.7 Å². The van der Waals surface area contributed by atoms with Crippen LogP contribution in [0.4, 0.5) is 5.69 Å². The summed E-state index contributed by atoms with van der Waals surface area (Å²) in [5, 5.41) is 11.3. The monoisotopic (exact) mass is 472 g/mol. The zero-order valence-electron chi connectivity index (χ0n) is 20.0. The molecule has 1 N–H and O–H groups in total. The van der Waals surface area contributed by atoms with Crippen molar-refractivity contribution < 1.29 is 24.2 Å². The fourth-order valence-electron chi connectivity index (χ4n) is 4.11. The highest BCUT2D eigenvalue weighted by atomic mass is 16.5. The van der Waals surface area contributed by atoms with E-state index in [1.54, 1.807) is 66.9 Å². The molecule has 7 heteroatoms. The maximum Gasteiger partial charge on any atom is 0.300 e. The number of carbonyl (C=O) groups is 2. The molecule has 4 rings (SSSR count). The molecule has 180 valence electrons. The number of aromatic nitrogens is 1. The standard InChI is InChI=1S/C28H28N2O5/c1-4-16-35-23-14-9-19(17-18(23)3)26(31)24-25(22-8-6-7-15-29-22)30(28(33)27(24)32)20-10-12-21(13-11-20)34-5-2/h6-15,17,25,31H,4-5,16H2,1-3H3/b26-24-. The average molecular weight is 473 g/mol. The number of hydrogen-bond acceptors (Lipinski definition) is 6. The Balaban J connectivity index is 1.82. The van der Waals surface area contributed by atoms with Crippen LogP contribution in [0.1, 0.15) is 43.1 Å². The van der Waals surface area contributed by atoms with Crippen LogP contribution in [-0.4, -0.2) is 35.0 Å². The molecular formula is C28H28N2O5. The second kappa shape index (κ2) is 10.4. The zero-order chi connectivity index (χ0) is 24.9. The lowest BCUT2D eigenvalue weighted by Gasteiger charge is -2.24. The van der Waals surface area contributed by atoms with Gasteiger partial charge in [0.25, 0.3) is 11.7 Å². The SMILES string of the molecule is CCCOc1ccc(/C(O)=C2/C(=O)C(=O)N(c3ccc(OCC)cc3)C2c2ccccn2)cc1C. The number of aliphatic hydroxyl groups excluding tert-OH is 1. The predicted octanol–water partition coefficient (Wildman–Crippen LogP) is 5.20. The fraction of sp³-hybridized carbons (Fsp3) is 0.250. The van der Waals surface area contributed by atoms with Crippen molar-refractivity contribution in [2.75, 3.05) is 18.1 Å². The first-order valence-electron chi connectivity index (χ1n) is 11.6. The Morgan fingerprint density at radius 3 is 2.43 bits per heavy atom. The molecule has 0 saturated carbocycles. The van der Waals surface area contributed by atoms with E-state index in [4.69, 9.17) is 9.47 Å². The highest BCUT2D eigenvalue weighted by Crippen LogP contribution is 2.42. The van der Waals surface area contributed by atoms with Crippen molar-refractivity contribution >= 4 is 23.1 Å². The van der Waals surface area contributed by atoms with Crippen LogP contribution in [0.3, 0.4) is 0 Å². The van der Waals surface area contributed by atoms with Crippen LogP contribution < -0.4 is 14.4 Å². The molecule has 0 radical (unpaired) electrons. The van der Waals surface area contributed by atoms with Crippen LogP contribution in [0, 0.1) is 6.92 Å². The van der Waals surface area contributed by atoms with Crippen molar-refractivity contribution in [3.05, 3.63) is 89.3 Å². The minimum absolute atomic E-state index is 0.00999. The topological polar surface area (TPSA) is 89.0 Å². The van der Waals surface area contributed by atoms with Crippen molar-refractivity contribution in [1.29, 1.82) is 0 Å². The van der Waals surface area contributed by atoms with Crippen LogP contribution in [0.25, 0.3) is 5.76 Å². The molecule has 0 spiro atoms. The van der Waals surface area contributed by atoms with E-state index in [1.807, 2.05) is 20.8 Å². The van der Waals surface area contributed by atoms with E-state index in [0.29, 0.717) is 41.7 Å². The number of carbonyl (C=O) groups excluding carboxylic acids is 2. The molecule has 2 heterocycles. The maximum atomic E-state index is 13.3. The summed E-state index contributed by atoms with van der Waals surface area (Å²) in [5.74, 6) is -0.387. The predicted molar refractivity (Wildman–Crippen MR) is 134 cm³/mol. The number of ketones is 1. The number of pyridine rings is 1. The number of benzene rings is 2. The molecule has 1 atom stereocenters. The van der Waals surface area contributed by atoms with E-state index in [1.165, 1.54) is 4.90 Å². The zero-order valence-corrected chi connectivity index (χ0v) is 20.0. The number of anilines is 1.